The molecule has 0 spiro atoms. The third-order valence-electron chi connectivity index (χ3n) is 2.67. The minimum atomic E-state index is -4.07. The largest absolute Gasteiger partial charge is 0.459 e. The number of sulfonamides is 1. The highest BCUT2D eigenvalue weighted by molar-refractivity contribution is 7.89. The fourth-order valence-corrected chi connectivity index (χ4v) is 1.79. The van der Waals surface area contributed by atoms with E-state index in [1.165, 1.54) is 0 Å². The summed E-state index contributed by atoms with van der Waals surface area (Å²) in [7, 11) is -4.07. The van der Waals surface area contributed by atoms with Gasteiger partial charge in [-0.25, -0.2) is 22.7 Å². The Kier molecular flexibility index (Phi) is 4.65. The number of halogens is 1. The first-order valence-electron chi connectivity index (χ1n) is 5.65. The van der Waals surface area contributed by atoms with Crippen molar-refractivity contribution in [2.45, 2.75) is 31.8 Å². The molecule has 0 heterocycles. The first-order chi connectivity index (χ1) is 8.61. The Morgan fingerprint density at radius 1 is 1.26 bits per heavy atom. The first-order valence-corrected chi connectivity index (χ1v) is 7.20. The van der Waals surface area contributed by atoms with Gasteiger partial charge >= 0.3 is 5.97 Å². The van der Waals surface area contributed by atoms with Crippen molar-refractivity contribution in [3.8, 4) is 0 Å². The number of carbonyl (C=O) groups excluding carboxylic acids is 1. The van der Waals surface area contributed by atoms with E-state index < -0.39 is 26.7 Å². The van der Waals surface area contributed by atoms with E-state index >= 15 is 0 Å². The third-order valence-corrected chi connectivity index (χ3v) is 3.56. The van der Waals surface area contributed by atoms with Crippen LogP contribution in [0.15, 0.2) is 23.1 Å². The molecule has 1 atom stereocenters. The van der Waals surface area contributed by atoms with Crippen LogP contribution in [0.3, 0.4) is 0 Å². The highest BCUT2D eigenvalue weighted by Crippen LogP contribution is 2.16. The second-order valence-electron chi connectivity index (χ2n) is 4.58. The van der Waals surface area contributed by atoms with Crippen molar-refractivity contribution >= 4 is 16.0 Å². The molecular formula is C12H16FNO4S. The van der Waals surface area contributed by atoms with Gasteiger partial charge in [0.1, 0.15) is 11.9 Å². The Morgan fingerprint density at radius 2 is 1.84 bits per heavy atom. The van der Waals surface area contributed by atoms with Crippen LogP contribution in [0, 0.1) is 11.7 Å². The molecule has 0 fully saturated rings. The molecule has 1 aromatic carbocycles. The zero-order chi connectivity index (χ0) is 14.8. The number of carbonyl (C=O) groups is 1. The number of ether oxygens (including phenoxy) is 1. The lowest BCUT2D eigenvalue weighted by atomic mass is 10.1. The predicted molar refractivity (Wildman–Crippen MR) is 67.5 cm³/mol. The van der Waals surface area contributed by atoms with Gasteiger partial charge in [-0.1, -0.05) is 13.8 Å². The number of esters is 1. The summed E-state index contributed by atoms with van der Waals surface area (Å²) in [6.07, 6.45) is -0.367. The maximum atomic E-state index is 13.3. The molecule has 1 rings (SSSR count). The van der Waals surface area contributed by atoms with Crippen LogP contribution in [-0.4, -0.2) is 20.5 Å². The summed E-state index contributed by atoms with van der Waals surface area (Å²) in [5.74, 6) is -1.56. The van der Waals surface area contributed by atoms with Crippen molar-refractivity contribution < 1.29 is 22.3 Å². The zero-order valence-electron chi connectivity index (χ0n) is 10.9. The fourth-order valence-electron chi connectivity index (χ4n) is 1.22. The highest BCUT2D eigenvalue weighted by Gasteiger charge is 2.18. The van der Waals surface area contributed by atoms with E-state index in [0.29, 0.717) is 0 Å². The van der Waals surface area contributed by atoms with Gasteiger partial charge in [0, 0.05) is 0 Å². The van der Waals surface area contributed by atoms with Gasteiger partial charge in [0.15, 0.2) is 0 Å². The molecule has 0 aliphatic heterocycles. The summed E-state index contributed by atoms with van der Waals surface area (Å²) in [5, 5.41) is 4.90. The van der Waals surface area contributed by atoms with Crippen LogP contribution in [0.1, 0.15) is 31.1 Å². The van der Waals surface area contributed by atoms with Crippen LogP contribution in [0.5, 0.6) is 0 Å². The summed E-state index contributed by atoms with van der Waals surface area (Å²) < 4.78 is 40.7. The first kappa shape index (κ1) is 15.6. The van der Waals surface area contributed by atoms with E-state index in [1.54, 1.807) is 6.92 Å². The van der Waals surface area contributed by atoms with E-state index in [9.17, 15) is 17.6 Å². The smallest absolute Gasteiger partial charge is 0.338 e. The van der Waals surface area contributed by atoms with Gasteiger partial charge < -0.3 is 4.74 Å². The molecule has 19 heavy (non-hydrogen) atoms. The zero-order valence-corrected chi connectivity index (χ0v) is 11.7. The van der Waals surface area contributed by atoms with Gasteiger partial charge in [0.25, 0.3) is 0 Å². The minimum absolute atomic E-state index is 0.0928. The van der Waals surface area contributed by atoms with Crippen molar-refractivity contribution in [3.63, 3.8) is 0 Å². The number of primary sulfonamides is 1. The molecule has 0 aromatic heterocycles. The van der Waals surface area contributed by atoms with Gasteiger partial charge in [-0.3, -0.25) is 0 Å². The number of benzene rings is 1. The molecule has 0 aliphatic rings. The monoisotopic (exact) mass is 289 g/mol. The summed E-state index contributed by atoms with van der Waals surface area (Å²) in [6, 6.07) is 2.65. The lowest BCUT2D eigenvalue weighted by Crippen LogP contribution is -2.21. The van der Waals surface area contributed by atoms with Crippen LogP contribution in [-0.2, 0) is 14.8 Å². The number of rotatable bonds is 4. The summed E-state index contributed by atoms with van der Waals surface area (Å²) in [5.41, 5.74) is -0.184. The van der Waals surface area contributed by atoms with Crippen LogP contribution in [0.4, 0.5) is 4.39 Å². The number of nitrogens with two attached hydrogens (primary N) is 1. The van der Waals surface area contributed by atoms with Crippen molar-refractivity contribution in [1.29, 1.82) is 0 Å². The average molecular weight is 289 g/mol. The Bertz CT molecular complexity index is 583. The second-order valence-corrected chi connectivity index (χ2v) is 6.14. The molecule has 0 saturated heterocycles. The summed E-state index contributed by atoms with van der Waals surface area (Å²) >= 11 is 0. The Balaban J connectivity index is 3.08. The molecule has 0 aliphatic carbocycles. The highest BCUT2D eigenvalue weighted by atomic mass is 32.2. The Morgan fingerprint density at radius 3 is 2.32 bits per heavy atom. The van der Waals surface area contributed by atoms with E-state index in [4.69, 9.17) is 9.88 Å². The minimum Gasteiger partial charge on any atom is -0.459 e. The third kappa shape index (κ3) is 4.29. The molecule has 0 radical (unpaired) electrons. The van der Waals surface area contributed by atoms with Crippen molar-refractivity contribution in [1.82, 2.24) is 0 Å². The molecule has 106 valence electrons. The molecule has 1 unspecified atom stereocenters. The second kappa shape index (κ2) is 5.66. The number of hydrogen-bond acceptors (Lipinski definition) is 4. The fraction of sp³-hybridized carbons (Fsp3) is 0.417. The molecular weight excluding hydrogens is 273 g/mol. The normalized spacial score (nSPS) is 13.4. The van der Waals surface area contributed by atoms with Crippen molar-refractivity contribution in [3.05, 3.63) is 29.6 Å². The van der Waals surface area contributed by atoms with Crippen LogP contribution in [0.2, 0.25) is 0 Å². The molecule has 1 aromatic rings. The molecule has 0 amide bonds. The van der Waals surface area contributed by atoms with E-state index in [0.717, 1.165) is 18.2 Å². The van der Waals surface area contributed by atoms with Crippen molar-refractivity contribution in [2.24, 2.45) is 11.1 Å². The van der Waals surface area contributed by atoms with E-state index in [2.05, 4.69) is 0 Å². The standard InChI is InChI=1S/C12H16FNO4S/c1-7(2)8(3)18-12(15)9-4-10(13)6-11(5-9)19(14,16)17/h4-8H,1-3H3,(H2,14,16,17). The molecule has 0 bridgehead atoms. The van der Waals surface area contributed by atoms with E-state index in [1.807, 2.05) is 13.8 Å². The van der Waals surface area contributed by atoms with E-state index in [-0.39, 0.29) is 17.6 Å². The molecule has 2 N–H and O–H groups in total. The van der Waals surface area contributed by atoms with Crippen molar-refractivity contribution in [2.75, 3.05) is 0 Å². The molecule has 5 nitrogen and oxygen atoms in total. The van der Waals surface area contributed by atoms with Gasteiger partial charge in [-0.2, -0.15) is 0 Å². The maximum Gasteiger partial charge on any atom is 0.338 e. The topological polar surface area (TPSA) is 86.5 Å². The van der Waals surface area contributed by atoms with Crippen LogP contribution >= 0.6 is 0 Å². The summed E-state index contributed by atoms with van der Waals surface area (Å²) in [4.78, 5) is 11.3. The van der Waals surface area contributed by atoms with Gasteiger partial charge in [-0.05, 0) is 31.0 Å². The maximum absolute atomic E-state index is 13.3. The quantitative estimate of drug-likeness (QED) is 0.854. The molecule has 0 saturated carbocycles. The predicted octanol–water partition coefficient (Wildman–Crippen LogP) is 1.67. The number of hydrogen-bond donors (Lipinski definition) is 1. The molecule has 7 heteroatoms. The van der Waals surface area contributed by atoms with Gasteiger partial charge in [0.05, 0.1) is 10.5 Å². The van der Waals surface area contributed by atoms with Gasteiger partial charge in [-0.15, -0.1) is 0 Å². The SMILES string of the molecule is CC(C)C(C)OC(=O)c1cc(F)cc(S(N)(=O)=O)c1. The Labute approximate surface area is 111 Å². The van der Waals surface area contributed by atoms with Gasteiger partial charge in [0.2, 0.25) is 10.0 Å². The van der Waals surface area contributed by atoms with Crippen LogP contribution in [0.25, 0.3) is 0 Å². The van der Waals surface area contributed by atoms with Crippen LogP contribution < -0.4 is 5.14 Å². The Hall–Kier alpha value is -1.47. The average Bonchev–Trinajstić information content (AvgIpc) is 2.26. The lowest BCUT2D eigenvalue weighted by Gasteiger charge is -2.16. The lowest BCUT2D eigenvalue weighted by molar-refractivity contribution is 0.0237. The summed E-state index contributed by atoms with van der Waals surface area (Å²) in [6.45, 7) is 5.42.